The summed E-state index contributed by atoms with van der Waals surface area (Å²) in [5.74, 6) is 0. The minimum atomic E-state index is 0.0197. The zero-order valence-corrected chi connectivity index (χ0v) is 10.1. The van der Waals surface area contributed by atoms with E-state index < -0.39 is 0 Å². The van der Waals surface area contributed by atoms with Crippen LogP contribution >= 0.6 is 23.2 Å². The molecule has 0 aliphatic carbocycles. The molecule has 4 heteroatoms. The fourth-order valence-electron chi connectivity index (χ4n) is 1.42. The van der Waals surface area contributed by atoms with Gasteiger partial charge in [0.1, 0.15) is 0 Å². The van der Waals surface area contributed by atoms with Crippen LogP contribution in [0.2, 0.25) is 10.0 Å². The second-order valence-electron chi connectivity index (χ2n) is 3.56. The Bertz CT molecular complexity index is 315. The summed E-state index contributed by atoms with van der Waals surface area (Å²) in [6.45, 7) is 0.716. The van der Waals surface area contributed by atoms with Gasteiger partial charge in [0, 0.05) is 6.04 Å². The van der Waals surface area contributed by atoms with Gasteiger partial charge in [0.15, 0.2) is 0 Å². The number of hydrogen-bond donors (Lipinski definition) is 2. The molecule has 0 aliphatic rings. The predicted molar refractivity (Wildman–Crippen MR) is 66.3 cm³/mol. The van der Waals surface area contributed by atoms with Crippen molar-refractivity contribution in [2.24, 2.45) is 11.5 Å². The van der Waals surface area contributed by atoms with Crippen molar-refractivity contribution in [2.75, 3.05) is 6.54 Å². The summed E-state index contributed by atoms with van der Waals surface area (Å²) in [6.07, 6.45) is 2.97. The van der Waals surface area contributed by atoms with Gasteiger partial charge in [-0.05, 0) is 37.1 Å². The molecule has 0 unspecified atom stereocenters. The molecular formula is C11H16Cl2N2. The average Bonchev–Trinajstić information content (AvgIpc) is 2.22. The second kappa shape index (κ2) is 6.33. The molecule has 84 valence electrons. The third-order valence-corrected chi connectivity index (χ3v) is 3.08. The summed E-state index contributed by atoms with van der Waals surface area (Å²) in [5.41, 5.74) is 12.5. The largest absolute Gasteiger partial charge is 0.330 e. The van der Waals surface area contributed by atoms with Gasteiger partial charge >= 0.3 is 0 Å². The molecule has 1 atom stereocenters. The van der Waals surface area contributed by atoms with Crippen molar-refractivity contribution in [3.63, 3.8) is 0 Å². The highest BCUT2D eigenvalue weighted by Crippen LogP contribution is 2.26. The monoisotopic (exact) mass is 246 g/mol. The predicted octanol–water partition coefficient (Wildman–Crippen LogP) is 3.12. The van der Waals surface area contributed by atoms with Crippen molar-refractivity contribution < 1.29 is 0 Å². The molecule has 0 bridgehead atoms. The Morgan fingerprint density at radius 3 is 2.47 bits per heavy atom. The van der Waals surface area contributed by atoms with Crippen LogP contribution in [0, 0.1) is 0 Å². The number of benzene rings is 1. The lowest BCUT2D eigenvalue weighted by atomic mass is 10.0. The van der Waals surface area contributed by atoms with Crippen LogP contribution in [-0.2, 0) is 0 Å². The number of halogens is 2. The van der Waals surface area contributed by atoms with Crippen molar-refractivity contribution in [3.05, 3.63) is 33.8 Å². The highest BCUT2D eigenvalue weighted by atomic mass is 35.5. The fourth-order valence-corrected chi connectivity index (χ4v) is 1.72. The lowest BCUT2D eigenvalue weighted by Crippen LogP contribution is -2.11. The quantitative estimate of drug-likeness (QED) is 0.785. The van der Waals surface area contributed by atoms with Crippen LogP contribution in [0.4, 0.5) is 0 Å². The van der Waals surface area contributed by atoms with Gasteiger partial charge in [0.05, 0.1) is 10.0 Å². The van der Waals surface area contributed by atoms with E-state index in [4.69, 9.17) is 34.7 Å². The van der Waals surface area contributed by atoms with Crippen molar-refractivity contribution in [1.82, 2.24) is 0 Å². The third kappa shape index (κ3) is 3.99. The molecule has 0 aliphatic heterocycles. The summed E-state index contributed by atoms with van der Waals surface area (Å²) in [7, 11) is 0. The van der Waals surface area contributed by atoms with Crippen LogP contribution in [0.1, 0.15) is 30.9 Å². The molecule has 0 amide bonds. The van der Waals surface area contributed by atoms with E-state index in [1.807, 2.05) is 12.1 Å². The van der Waals surface area contributed by atoms with Gasteiger partial charge in [0.2, 0.25) is 0 Å². The first-order valence-electron chi connectivity index (χ1n) is 5.05. The summed E-state index contributed by atoms with van der Waals surface area (Å²) in [5, 5.41) is 1.12. The molecule has 0 heterocycles. The van der Waals surface area contributed by atoms with Crippen molar-refractivity contribution >= 4 is 23.2 Å². The fraction of sp³-hybridized carbons (Fsp3) is 0.455. The van der Waals surface area contributed by atoms with E-state index in [0.717, 1.165) is 24.8 Å². The van der Waals surface area contributed by atoms with Gasteiger partial charge in [0.25, 0.3) is 0 Å². The van der Waals surface area contributed by atoms with Gasteiger partial charge in [-0.2, -0.15) is 0 Å². The molecule has 2 nitrogen and oxygen atoms in total. The maximum Gasteiger partial charge on any atom is 0.0595 e. The molecule has 1 rings (SSSR count). The van der Waals surface area contributed by atoms with Crippen LogP contribution in [0.3, 0.4) is 0 Å². The topological polar surface area (TPSA) is 52.0 Å². The van der Waals surface area contributed by atoms with Crippen molar-refractivity contribution in [3.8, 4) is 0 Å². The minimum Gasteiger partial charge on any atom is -0.330 e. The zero-order chi connectivity index (χ0) is 11.3. The molecule has 0 radical (unpaired) electrons. The Hall–Kier alpha value is -0.280. The number of nitrogens with two attached hydrogens (primary N) is 2. The highest BCUT2D eigenvalue weighted by Gasteiger charge is 2.07. The van der Waals surface area contributed by atoms with E-state index in [1.165, 1.54) is 0 Å². The van der Waals surface area contributed by atoms with Crippen molar-refractivity contribution in [1.29, 1.82) is 0 Å². The molecule has 15 heavy (non-hydrogen) atoms. The molecule has 0 fully saturated rings. The first kappa shape index (κ1) is 12.8. The van der Waals surface area contributed by atoms with E-state index >= 15 is 0 Å². The van der Waals surface area contributed by atoms with Crippen LogP contribution < -0.4 is 11.5 Å². The smallest absolute Gasteiger partial charge is 0.0595 e. The van der Waals surface area contributed by atoms with Crippen molar-refractivity contribution in [2.45, 2.75) is 25.3 Å². The number of hydrogen-bond acceptors (Lipinski definition) is 2. The molecular weight excluding hydrogens is 231 g/mol. The number of rotatable bonds is 5. The molecule has 1 aromatic carbocycles. The first-order chi connectivity index (χ1) is 7.15. The summed E-state index contributed by atoms with van der Waals surface area (Å²) >= 11 is 11.7. The lowest BCUT2D eigenvalue weighted by Gasteiger charge is -2.12. The van der Waals surface area contributed by atoms with Gasteiger partial charge < -0.3 is 11.5 Å². The van der Waals surface area contributed by atoms with E-state index in [9.17, 15) is 0 Å². The molecule has 1 aromatic rings. The standard InChI is InChI=1S/C11H16Cl2N2/c12-9-5-4-8(7-10(9)13)11(15)3-1-2-6-14/h4-5,7,11H,1-3,6,14-15H2/t11-/m0/s1. The van der Waals surface area contributed by atoms with Gasteiger partial charge in [-0.15, -0.1) is 0 Å². The van der Waals surface area contributed by atoms with Crippen LogP contribution in [0.25, 0.3) is 0 Å². The molecule has 0 spiro atoms. The minimum absolute atomic E-state index is 0.0197. The van der Waals surface area contributed by atoms with Crippen LogP contribution in [0.15, 0.2) is 18.2 Å². The second-order valence-corrected chi connectivity index (χ2v) is 4.38. The maximum atomic E-state index is 6.01. The Labute approximate surface area is 101 Å². The Balaban J connectivity index is 2.57. The van der Waals surface area contributed by atoms with E-state index in [2.05, 4.69) is 0 Å². The van der Waals surface area contributed by atoms with E-state index in [0.29, 0.717) is 16.6 Å². The summed E-state index contributed by atoms with van der Waals surface area (Å²) < 4.78 is 0. The SMILES string of the molecule is NCCCC[C@H](N)c1ccc(Cl)c(Cl)c1. The summed E-state index contributed by atoms with van der Waals surface area (Å²) in [4.78, 5) is 0. The van der Waals surface area contributed by atoms with Crippen LogP contribution in [-0.4, -0.2) is 6.54 Å². The third-order valence-electron chi connectivity index (χ3n) is 2.34. The van der Waals surface area contributed by atoms with Gasteiger partial charge in [-0.3, -0.25) is 0 Å². The Morgan fingerprint density at radius 1 is 1.13 bits per heavy atom. The number of unbranched alkanes of at least 4 members (excludes halogenated alkanes) is 1. The molecule has 0 saturated heterocycles. The molecule has 0 saturated carbocycles. The Morgan fingerprint density at radius 2 is 1.87 bits per heavy atom. The van der Waals surface area contributed by atoms with E-state index in [1.54, 1.807) is 6.07 Å². The van der Waals surface area contributed by atoms with Gasteiger partial charge in [-0.25, -0.2) is 0 Å². The van der Waals surface area contributed by atoms with Crippen LogP contribution in [0.5, 0.6) is 0 Å². The Kier molecular flexibility index (Phi) is 5.40. The maximum absolute atomic E-state index is 6.01. The zero-order valence-electron chi connectivity index (χ0n) is 8.55. The highest BCUT2D eigenvalue weighted by molar-refractivity contribution is 6.42. The molecule has 4 N–H and O–H groups in total. The normalized spacial score (nSPS) is 12.8. The van der Waals surface area contributed by atoms with Gasteiger partial charge in [-0.1, -0.05) is 35.7 Å². The average molecular weight is 247 g/mol. The first-order valence-corrected chi connectivity index (χ1v) is 5.81. The summed E-state index contributed by atoms with van der Waals surface area (Å²) in [6, 6.07) is 5.55. The van der Waals surface area contributed by atoms with E-state index in [-0.39, 0.29) is 6.04 Å². The molecule has 0 aromatic heterocycles. The lowest BCUT2D eigenvalue weighted by molar-refractivity contribution is 0.591.